The Hall–Kier alpha value is -5.83. The maximum atomic E-state index is 13.0. The fourth-order valence-electron chi connectivity index (χ4n) is 8.33. The second-order valence-corrected chi connectivity index (χ2v) is 14.4. The number of carbonyl (C=O) groups is 1. The molecule has 2 atom stereocenters. The van der Waals surface area contributed by atoms with Gasteiger partial charge in [0.15, 0.2) is 5.58 Å². The third kappa shape index (κ3) is 7.94. The van der Waals surface area contributed by atoms with Crippen LogP contribution in [0.4, 0.5) is 19.9 Å². The van der Waals surface area contributed by atoms with Crippen LogP contribution in [-0.2, 0) is 19.5 Å². The molecule has 5 N–H and O–H groups in total. The summed E-state index contributed by atoms with van der Waals surface area (Å²) in [5.41, 5.74) is 6.11. The molecule has 3 saturated heterocycles. The third-order valence-corrected chi connectivity index (χ3v) is 11.1. The van der Waals surface area contributed by atoms with Gasteiger partial charge in [-0.05, 0) is 97.3 Å². The molecule has 56 heavy (non-hydrogen) atoms. The Bertz CT molecular complexity index is 2440. The van der Waals surface area contributed by atoms with E-state index in [-0.39, 0.29) is 38.8 Å². The zero-order chi connectivity index (χ0) is 37.3. The summed E-state index contributed by atoms with van der Waals surface area (Å²) in [7, 11) is 0. The Morgan fingerprint density at radius 3 is 2.45 bits per heavy atom. The fraction of sp³-hybridized carbons (Fsp3) is 0.310. The van der Waals surface area contributed by atoms with E-state index in [1.54, 1.807) is 27.7 Å². The van der Waals surface area contributed by atoms with Crippen LogP contribution in [0.25, 0.3) is 33.1 Å². The number of halogens is 2. The van der Waals surface area contributed by atoms with Gasteiger partial charge < -0.3 is 34.9 Å². The van der Waals surface area contributed by atoms with Crippen LogP contribution in [0, 0.1) is 5.92 Å². The van der Waals surface area contributed by atoms with E-state index in [0.717, 1.165) is 54.7 Å². The molecule has 0 radical (unpaired) electrons. The van der Waals surface area contributed by atoms with Gasteiger partial charge in [0.05, 0.1) is 28.9 Å². The number of aliphatic hydroxyl groups is 1. The molecule has 1 amide bonds. The number of phenolic OH excluding ortho intramolecular Hbond substituents is 1. The van der Waals surface area contributed by atoms with Crippen molar-refractivity contribution in [1.82, 2.24) is 19.8 Å². The number of oxazole rings is 1. The maximum absolute atomic E-state index is 13.0. The lowest BCUT2D eigenvalue weighted by Gasteiger charge is -2.48. The molecule has 14 heteroatoms. The number of anilines is 1. The van der Waals surface area contributed by atoms with Gasteiger partial charge in [-0.15, -0.1) is 0 Å². The van der Waals surface area contributed by atoms with Crippen LogP contribution in [-0.4, -0.2) is 68.1 Å². The molecule has 6 aromatic rings. The topological polar surface area (TPSA) is 164 Å². The fourth-order valence-corrected chi connectivity index (χ4v) is 8.33. The highest BCUT2D eigenvalue weighted by Crippen LogP contribution is 2.39. The van der Waals surface area contributed by atoms with Crippen molar-refractivity contribution in [3.8, 4) is 16.9 Å². The molecule has 3 fully saturated rings. The average Bonchev–Trinajstić information content (AvgIpc) is 3.49. The molecule has 2 aromatic heterocycles. The first-order chi connectivity index (χ1) is 26.2. The molecule has 4 aromatic carbocycles. The zero-order valence-corrected chi connectivity index (χ0v) is 30.6. The van der Waals surface area contributed by atoms with Crippen molar-refractivity contribution < 1.29 is 33.9 Å². The number of pyridine rings is 1. The number of rotatable bonds is 12. The minimum Gasteiger partial charge on any atom is -0.506 e. The smallest absolute Gasteiger partial charge is 0.419 e. The number of carboxylic acid groups (broad SMARTS) is 1. The van der Waals surface area contributed by atoms with E-state index >= 15 is 0 Å². The number of aliphatic hydroxyl groups excluding tert-OH is 1. The number of nitrogens with one attached hydrogen (secondary N) is 2. The van der Waals surface area contributed by atoms with E-state index < -0.39 is 18.0 Å². The maximum Gasteiger partial charge on any atom is 0.419 e. The number of hydrogen-bond donors (Lipinski definition) is 5. The number of H-pyrrole nitrogens is 1. The van der Waals surface area contributed by atoms with Gasteiger partial charge in [-0.1, -0.05) is 54.6 Å². The summed E-state index contributed by atoms with van der Waals surface area (Å²) in [5, 5.41) is 35.6. The molecular formula is C42H45F2N5O7. The van der Waals surface area contributed by atoms with Gasteiger partial charge in [0.2, 0.25) is 5.56 Å². The van der Waals surface area contributed by atoms with Crippen molar-refractivity contribution in [2.45, 2.75) is 50.9 Å². The Morgan fingerprint density at radius 1 is 0.946 bits per heavy atom. The Balaban J connectivity index is 0.00000266. The summed E-state index contributed by atoms with van der Waals surface area (Å²) in [5.74, 6) is -0.180. The number of aromatic amines is 1. The molecule has 294 valence electrons. The molecule has 12 nitrogen and oxygen atoms in total. The number of aromatic nitrogens is 2. The monoisotopic (exact) mass is 769 g/mol. The molecule has 0 spiro atoms. The number of aryl methyl sites for hydroxylation is 2. The summed E-state index contributed by atoms with van der Waals surface area (Å²) in [6.45, 7) is 3.81. The number of phenols is 1. The predicted octanol–water partition coefficient (Wildman–Crippen LogP) is 6.15. The third-order valence-electron chi connectivity index (χ3n) is 11.1. The minimum absolute atomic E-state index is 0. The Kier molecular flexibility index (Phi) is 12.0. The van der Waals surface area contributed by atoms with Crippen LogP contribution >= 0.6 is 0 Å². The van der Waals surface area contributed by atoms with Crippen molar-refractivity contribution in [1.29, 1.82) is 0 Å². The first kappa shape index (κ1) is 39.9. The lowest BCUT2D eigenvalue weighted by atomic mass is 9.82. The second-order valence-electron chi connectivity index (χ2n) is 14.4. The van der Waals surface area contributed by atoms with E-state index in [4.69, 9.17) is 4.42 Å². The van der Waals surface area contributed by atoms with Crippen LogP contribution in [0.2, 0.25) is 0 Å². The second kappa shape index (κ2) is 16.9. The van der Waals surface area contributed by atoms with Crippen molar-refractivity contribution >= 4 is 33.8 Å². The first-order valence-corrected chi connectivity index (χ1v) is 18.5. The van der Waals surface area contributed by atoms with Crippen LogP contribution in [0.15, 0.2) is 105 Å². The number of nitrogens with zero attached hydrogens (tertiary/aromatic N) is 3. The quantitative estimate of drug-likeness (QED) is 0.0983. The summed E-state index contributed by atoms with van der Waals surface area (Å²) >= 11 is 0. The molecule has 9 rings (SSSR count). The number of fused-ring (bicyclic) bond motifs is 5. The summed E-state index contributed by atoms with van der Waals surface area (Å²) in [4.78, 5) is 44.4. The van der Waals surface area contributed by atoms with Crippen LogP contribution in [0.3, 0.4) is 0 Å². The molecule has 0 aliphatic carbocycles. The van der Waals surface area contributed by atoms with E-state index in [2.05, 4.69) is 21.3 Å². The van der Waals surface area contributed by atoms with Crippen LogP contribution in [0.1, 0.15) is 42.1 Å². The number of benzene rings is 4. The van der Waals surface area contributed by atoms with Crippen LogP contribution in [0.5, 0.6) is 5.75 Å². The molecule has 3 aliphatic rings. The predicted molar refractivity (Wildman–Crippen MR) is 212 cm³/mol. The van der Waals surface area contributed by atoms with Crippen LogP contribution < -0.4 is 21.5 Å². The number of aromatic hydroxyl groups is 1. The van der Waals surface area contributed by atoms with Gasteiger partial charge >= 0.3 is 11.8 Å². The van der Waals surface area contributed by atoms with Gasteiger partial charge in [-0.2, -0.15) is 0 Å². The number of amides is 1. The molecule has 5 heterocycles. The first-order valence-electron chi connectivity index (χ1n) is 18.5. The van der Waals surface area contributed by atoms with Crippen molar-refractivity contribution in [3.05, 3.63) is 129 Å². The van der Waals surface area contributed by atoms with E-state index in [1.807, 2.05) is 54.6 Å². The van der Waals surface area contributed by atoms with Crippen molar-refractivity contribution in [2.24, 2.45) is 5.92 Å². The van der Waals surface area contributed by atoms with E-state index in [9.17, 15) is 29.7 Å². The van der Waals surface area contributed by atoms with Crippen molar-refractivity contribution in [2.75, 3.05) is 31.1 Å². The van der Waals surface area contributed by atoms with Gasteiger partial charge in [-0.25, -0.2) is 9.59 Å². The van der Waals surface area contributed by atoms with Gasteiger partial charge in [0.1, 0.15) is 5.75 Å². The number of hydrogen-bond acceptors (Lipinski definition) is 8. The Morgan fingerprint density at radius 2 is 1.71 bits per heavy atom. The van der Waals surface area contributed by atoms with Gasteiger partial charge in [0.25, 0.3) is 0 Å². The lowest BCUT2D eigenvalue weighted by molar-refractivity contribution is 0.0837. The molecular weight excluding hydrogens is 724 g/mol. The van der Waals surface area contributed by atoms with Gasteiger partial charge in [-0.3, -0.25) is 23.7 Å². The van der Waals surface area contributed by atoms with Gasteiger partial charge in [0, 0.05) is 43.2 Å². The summed E-state index contributed by atoms with van der Waals surface area (Å²) in [6.07, 6.45) is 1.42. The van der Waals surface area contributed by atoms with Crippen molar-refractivity contribution in [3.63, 3.8) is 0 Å². The number of piperidine rings is 3. The van der Waals surface area contributed by atoms with E-state index in [0.29, 0.717) is 59.6 Å². The summed E-state index contributed by atoms with van der Waals surface area (Å²) < 4.78 is 7.21. The standard InChI is InChI=1S/C42H43N5O7.2FH/c48-36-13-11-31(32-12-15-39(50)44-40(32)36)37(49)24-43-23-27-9-14-38-34(22-27)46(42(53)54-38)18-4-5-26-8-10-30(28-6-2-1-3-7-28)33(21-26)47(41(51)52)35-25-45-19-16-29(35)17-20-45;;/h1-3,6-15,21-22,29,35,37,43,48-49H,4-5,16-20,23-25H2,(H,44,50)(H,51,52);2*1H/t35-,37+;;/m0../s1. The Labute approximate surface area is 320 Å². The highest BCUT2D eigenvalue weighted by atomic mass is 19.0. The summed E-state index contributed by atoms with van der Waals surface area (Å²) in [6, 6.07) is 27.5. The minimum atomic E-state index is -0.939. The SMILES string of the molecule is F.F.O=C(O)N(c1cc(CCCn2c(=O)oc3ccc(CNC[C@@H](O)c4ccc(O)c5[nH]c(=O)ccc45)cc32)ccc1-c1ccccc1)[C@H]1CN2CCC1CC2. The zero-order valence-electron chi connectivity index (χ0n) is 30.6. The lowest BCUT2D eigenvalue weighted by Crippen LogP contribution is -2.59. The average molecular weight is 770 g/mol. The molecule has 0 saturated carbocycles. The van der Waals surface area contributed by atoms with E-state index in [1.165, 1.54) is 12.1 Å². The molecule has 0 unspecified atom stereocenters. The highest BCUT2D eigenvalue weighted by Gasteiger charge is 2.41. The normalized spacial score (nSPS) is 18.0. The molecule has 2 bridgehead atoms. The molecule has 3 aliphatic heterocycles. The highest BCUT2D eigenvalue weighted by molar-refractivity contribution is 5.94. The largest absolute Gasteiger partial charge is 0.506 e.